The Morgan fingerprint density at radius 3 is 2.48 bits per heavy atom. The van der Waals surface area contributed by atoms with Crippen LogP contribution in [-0.4, -0.2) is 23.3 Å². The molecule has 0 heterocycles. The van der Waals surface area contributed by atoms with Crippen LogP contribution in [0.15, 0.2) is 42.5 Å². The van der Waals surface area contributed by atoms with E-state index in [1.165, 1.54) is 18.2 Å². The van der Waals surface area contributed by atoms with Crippen molar-refractivity contribution in [1.29, 1.82) is 0 Å². The quantitative estimate of drug-likeness (QED) is 0.816. The fraction of sp³-hybridized carbons (Fsp3) is 0.312. The molecule has 2 rings (SSSR count). The smallest absolute Gasteiger partial charge is 0.263 e. The summed E-state index contributed by atoms with van der Waals surface area (Å²) in [4.78, 5) is 11.5. The van der Waals surface area contributed by atoms with Crippen molar-refractivity contribution in [3.05, 3.63) is 59.4 Å². The Labute approximate surface area is 130 Å². The SMILES string of the molecule is NC(=O)C1C=CC=CC1(F)C(CO)c1cc(F)cc(C(F)F)c1. The number of halogens is 4. The summed E-state index contributed by atoms with van der Waals surface area (Å²) in [6, 6.07) is 2.41. The van der Waals surface area contributed by atoms with Gasteiger partial charge in [0, 0.05) is 11.5 Å². The maximum absolute atomic E-state index is 15.4. The van der Waals surface area contributed by atoms with E-state index in [1.54, 1.807) is 0 Å². The number of aliphatic hydroxyl groups excluding tert-OH is 1. The van der Waals surface area contributed by atoms with Crippen LogP contribution in [0.4, 0.5) is 17.6 Å². The van der Waals surface area contributed by atoms with Gasteiger partial charge in [-0.15, -0.1) is 0 Å². The topological polar surface area (TPSA) is 63.3 Å². The number of alkyl halides is 3. The van der Waals surface area contributed by atoms with Gasteiger partial charge in [0.1, 0.15) is 5.82 Å². The Bertz CT molecular complexity index is 659. The first-order valence-corrected chi connectivity index (χ1v) is 6.83. The molecule has 7 heteroatoms. The first-order chi connectivity index (χ1) is 10.8. The molecule has 0 spiro atoms. The van der Waals surface area contributed by atoms with Gasteiger partial charge < -0.3 is 10.8 Å². The van der Waals surface area contributed by atoms with Gasteiger partial charge in [-0.1, -0.05) is 18.2 Å². The van der Waals surface area contributed by atoms with E-state index in [0.29, 0.717) is 6.07 Å². The fourth-order valence-corrected chi connectivity index (χ4v) is 2.74. The van der Waals surface area contributed by atoms with Crippen molar-refractivity contribution < 1.29 is 27.5 Å². The molecule has 0 fully saturated rings. The minimum Gasteiger partial charge on any atom is -0.396 e. The molecule has 1 aromatic rings. The van der Waals surface area contributed by atoms with Gasteiger partial charge in [-0.25, -0.2) is 17.6 Å². The summed E-state index contributed by atoms with van der Waals surface area (Å²) < 4.78 is 54.6. The second-order valence-electron chi connectivity index (χ2n) is 5.31. The zero-order valence-corrected chi connectivity index (χ0v) is 11.9. The number of amides is 1. The summed E-state index contributed by atoms with van der Waals surface area (Å²) in [7, 11) is 0. The molecule has 1 aromatic carbocycles. The molecule has 1 aliphatic rings. The van der Waals surface area contributed by atoms with Crippen molar-refractivity contribution in [2.45, 2.75) is 18.0 Å². The van der Waals surface area contributed by atoms with Crippen molar-refractivity contribution >= 4 is 5.91 Å². The number of aliphatic hydroxyl groups is 1. The molecule has 0 bridgehead atoms. The summed E-state index contributed by atoms with van der Waals surface area (Å²) in [6.45, 7) is -0.815. The molecule has 0 saturated carbocycles. The molecule has 124 valence electrons. The van der Waals surface area contributed by atoms with Gasteiger partial charge in [-0.05, 0) is 29.8 Å². The normalized spacial score (nSPS) is 24.9. The second kappa shape index (κ2) is 6.54. The zero-order chi connectivity index (χ0) is 17.2. The molecule has 0 radical (unpaired) electrons. The average molecular weight is 329 g/mol. The summed E-state index contributed by atoms with van der Waals surface area (Å²) in [5, 5.41) is 9.56. The van der Waals surface area contributed by atoms with Gasteiger partial charge in [-0.3, -0.25) is 4.79 Å². The first-order valence-electron chi connectivity index (χ1n) is 6.83. The molecule has 3 N–H and O–H groups in total. The van der Waals surface area contributed by atoms with E-state index >= 15 is 4.39 Å². The van der Waals surface area contributed by atoms with Crippen LogP contribution in [0.2, 0.25) is 0 Å². The van der Waals surface area contributed by atoms with Crippen LogP contribution in [0.25, 0.3) is 0 Å². The van der Waals surface area contributed by atoms with Crippen molar-refractivity contribution in [2.75, 3.05) is 6.61 Å². The van der Waals surface area contributed by atoms with E-state index in [4.69, 9.17) is 5.73 Å². The van der Waals surface area contributed by atoms with Crippen LogP contribution >= 0.6 is 0 Å². The number of carbonyl (C=O) groups is 1. The third kappa shape index (κ3) is 3.29. The monoisotopic (exact) mass is 329 g/mol. The van der Waals surface area contributed by atoms with E-state index in [1.807, 2.05) is 0 Å². The third-order valence-electron chi connectivity index (χ3n) is 3.86. The highest BCUT2D eigenvalue weighted by Crippen LogP contribution is 2.42. The highest BCUT2D eigenvalue weighted by molar-refractivity contribution is 5.81. The van der Waals surface area contributed by atoms with Crippen molar-refractivity contribution in [3.63, 3.8) is 0 Å². The number of hydrogen-bond donors (Lipinski definition) is 2. The van der Waals surface area contributed by atoms with Crippen LogP contribution in [0.3, 0.4) is 0 Å². The summed E-state index contributed by atoms with van der Waals surface area (Å²) in [5.41, 5.74) is 1.94. The molecule has 0 saturated heterocycles. The lowest BCUT2D eigenvalue weighted by Gasteiger charge is -2.36. The lowest BCUT2D eigenvalue weighted by molar-refractivity contribution is -0.124. The number of benzene rings is 1. The summed E-state index contributed by atoms with van der Waals surface area (Å²) in [6.07, 6.45) is 2.02. The van der Waals surface area contributed by atoms with Crippen LogP contribution in [0, 0.1) is 11.7 Å². The molecule has 1 amide bonds. The van der Waals surface area contributed by atoms with E-state index < -0.39 is 47.8 Å². The average Bonchev–Trinajstić information content (AvgIpc) is 2.47. The maximum atomic E-state index is 15.4. The highest BCUT2D eigenvalue weighted by Gasteiger charge is 2.47. The molecule has 3 unspecified atom stereocenters. The molecular weight excluding hydrogens is 314 g/mol. The standard InChI is InChI=1S/C16H15F4NO2/c17-11-6-9(5-10(7-11)14(18)19)13(8-22)16(20)4-2-1-3-12(16)15(21)23/h1-7,12-14,22H,8H2,(H2,21,23). The van der Waals surface area contributed by atoms with Gasteiger partial charge in [0.25, 0.3) is 6.43 Å². The minimum atomic E-state index is -2.95. The largest absolute Gasteiger partial charge is 0.396 e. The van der Waals surface area contributed by atoms with E-state index in [9.17, 15) is 23.1 Å². The van der Waals surface area contributed by atoms with Gasteiger partial charge in [0.15, 0.2) is 5.67 Å². The summed E-state index contributed by atoms with van der Waals surface area (Å²) in [5.74, 6) is -4.78. The van der Waals surface area contributed by atoms with Crippen LogP contribution in [0.5, 0.6) is 0 Å². The highest BCUT2D eigenvalue weighted by atomic mass is 19.3. The molecule has 1 aliphatic carbocycles. The predicted molar refractivity (Wildman–Crippen MR) is 76.0 cm³/mol. The number of nitrogens with two attached hydrogens (primary N) is 1. The number of hydrogen-bond acceptors (Lipinski definition) is 2. The Hall–Kier alpha value is -2.15. The summed E-state index contributed by atoms with van der Waals surface area (Å²) >= 11 is 0. The van der Waals surface area contributed by atoms with Gasteiger partial charge in [-0.2, -0.15) is 0 Å². The van der Waals surface area contributed by atoms with Crippen molar-refractivity contribution in [2.24, 2.45) is 11.7 Å². The Kier molecular flexibility index (Phi) is 4.89. The third-order valence-corrected chi connectivity index (χ3v) is 3.86. The van der Waals surface area contributed by atoms with E-state index in [2.05, 4.69) is 0 Å². The Morgan fingerprint density at radius 2 is 1.91 bits per heavy atom. The Morgan fingerprint density at radius 1 is 1.26 bits per heavy atom. The van der Waals surface area contributed by atoms with E-state index in [-0.39, 0.29) is 5.56 Å². The zero-order valence-electron chi connectivity index (χ0n) is 11.9. The van der Waals surface area contributed by atoms with Crippen LogP contribution in [0.1, 0.15) is 23.5 Å². The number of rotatable bonds is 5. The van der Waals surface area contributed by atoms with E-state index in [0.717, 1.165) is 18.2 Å². The number of carbonyl (C=O) groups excluding carboxylic acids is 1. The maximum Gasteiger partial charge on any atom is 0.263 e. The lowest BCUT2D eigenvalue weighted by Crippen LogP contribution is -2.46. The molecule has 0 aliphatic heterocycles. The molecule has 23 heavy (non-hydrogen) atoms. The predicted octanol–water partition coefficient (Wildman–Crippen LogP) is 2.78. The minimum absolute atomic E-state index is 0.170. The first kappa shape index (κ1) is 17.2. The number of allylic oxidation sites excluding steroid dienone is 3. The van der Waals surface area contributed by atoms with Crippen LogP contribution in [-0.2, 0) is 4.79 Å². The van der Waals surface area contributed by atoms with Gasteiger partial charge >= 0.3 is 0 Å². The van der Waals surface area contributed by atoms with Crippen molar-refractivity contribution in [3.8, 4) is 0 Å². The Balaban J connectivity index is 2.52. The fourth-order valence-electron chi connectivity index (χ4n) is 2.74. The van der Waals surface area contributed by atoms with Gasteiger partial charge in [0.05, 0.1) is 12.5 Å². The second-order valence-corrected chi connectivity index (χ2v) is 5.31. The lowest BCUT2D eigenvalue weighted by atomic mass is 9.73. The molecule has 3 atom stereocenters. The number of primary amides is 1. The van der Waals surface area contributed by atoms with Gasteiger partial charge in [0.2, 0.25) is 5.91 Å². The van der Waals surface area contributed by atoms with Crippen molar-refractivity contribution in [1.82, 2.24) is 0 Å². The molecular formula is C16H15F4NO2. The van der Waals surface area contributed by atoms with Crippen LogP contribution < -0.4 is 5.73 Å². The molecule has 3 nitrogen and oxygen atoms in total. The molecule has 0 aromatic heterocycles.